The molecular formula is C16H21NO4. The van der Waals surface area contributed by atoms with Crippen molar-refractivity contribution in [2.24, 2.45) is 5.41 Å². The van der Waals surface area contributed by atoms with Gasteiger partial charge in [0.1, 0.15) is 0 Å². The van der Waals surface area contributed by atoms with Gasteiger partial charge in [-0.3, -0.25) is 9.59 Å². The molecule has 0 spiro atoms. The molecule has 1 heterocycles. The molecule has 0 aromatic heterocycles. The molecule has 1 fully saturated rings. The molecule has 1 aromatic rings. The van der Waals surface area contributed by atoms with E-state index in [2.05, 4.69) is 5.32 Å². The van der Waals surface area contributed by atoms with E-state index in [1.54, 1.807) is 31.2 Å². The molecule has 21 heavy (non-hydrogen) atoms. The van der Waals surface area contributed by atoms with Crippen LogP contribution in [0.3, 0.4) is 0 Å². The quantitative estimate of drug-likeness (QED) is 0.834. The lowest BCUT2D eigenvalue weighted by atomic mass is 9.79. The van der Waals surface area contributed by atoms with E-state index in [0.29, 0.717) is 25.3 Å². The molecule has 5 heteroatoms. The smallest absolute Gasteiger partial charge is 0.314 e. The van der Waals surface area contributed by atoms with Gasteiger partial charge in [0.25, 0.3) is 0 Å². The molecule has 0 radical (unpaired) electrons. The van der Waals surface area contributed by atoms with Crippen molar-refractivity contribution in [3.63, 3.8) is 0 Å². The number of ether oxygens (including phenoxy) is 1. The molecule has 1 saturated heterocycles. The van der Waals surface area contributed by atoms with Crippen LogP contribution in [0.15, 0.2) is 30.3 Å². The first-order chi connectivity index (χ1) is 9.86. The molecule has 2 N–H and O–H groups in total. The van der Waals surface area contributed by atoms with Crippen LogP contribution in [-0.4, -0.2) is 36.7 Å². The molecular weight excluding hydrogens is 270 g/mol. The van der Waals surface area contributed by atoms with Crippen LogP contribution in [-0.2, 0) is 19.7 Å². The Morgan fingerprint density at radius 3 is 2.43 bits per heavy atom. The molecule has 114 valence electrons. The lowest BCUT2D eigenvalue weighted by Crippen LogP contribution is -2.49. The van der Waals surface area contributed by atoms with Crippen LogP contribution in [0.25, 0.3) is 0 Å². The van der Waals surface area contributed by atoms with Gasteiger partial charge in [-0.2, -0.15) is 0 Å². The number of aliphatic carboxylic acids is 1. The normalized spacial score (nSPS) is 19.1. The van der Waals surface area contributed by atoms with E-state index in [1.807, 2.05) is 13.0 Å². The summed E-state index contributed by atoms with van der Waals surface area (Å²) in [4.78, 5) is 23.7. The van der Waals surface area contributed by atoms with E-state index in [-0.39, 0.29) is 17.7 Å². The molecule has 1 amide bonds. The number of carboxylic acids is 1. The highest BCUT2D eigenvalue weighted by Crippen LogP contribution is 2.29. The lowest BCUT2D eigenvalue weighted by Gasteiger charge is -2.38. The first kappa shape index (κ1) is 15.5. The van der Waals surface area contributed by atoms with Crippen molar-refractivity contribution in [3.8, 4) is 0 Å². The largest absolute Gasteiger partial charge is 0.481 e. The van der Waals surface area contributed by atoms with Crippen molar-refractivity contribution in [3.05, 3.63) is 35.9 Å². The van der Waals surface area contributed by atoms with Crippen molar-refractivity contribution >= 4 is 11.9 Å². The van der Waals surface area contributed by atoms with E-state index in [4.69, 9.17) is 4.74 Å². The number of benzene rings is 1. The Kier molecular flexibility index (Phi) is 4.32. The molecule has 5 nitrogen and oxygen atoms in total. The maximum atomic E-state index is 12.1. The van der Waals surface area contributed by atoms with E-state index in [9.17, 15) is 14.7 Å². The Hall–Kier alpha value is -1.88. The molecule has 0 aliphatic carbocycles. The third-order valence-corrected chi connectivity index (χ3v) is 4.01. The standard InChI is InChI=1S/C16H21NO4/c1-15(10-21-11-15)9-17-13(18)8-16(2,14(19)20)12-6-4-3-5-7-12/h3-7H,8-11H2,1-2H3,(H,17,18)(H,19,20). The average molecular weight is 291 g/mol. The van der Waals surface area contributed by atoms with Crippen molar-refractivity contribution in [2.75, 3.05) is 19.8 Å². The zero-order chi connectivity index (χ0) is 15.5. The first-order valence-corrected chi connectivity index (χ1v) is 6.99. The highest BCUT2D eigenvalue weighted by molar-refractivity contribution is 5.89. The second-order valence-electron chi connectivity index (χ2n) is 6.26. The summed E-state index contributed by atoms with van der Waals surface area (Å²) in [6.07, 6.45) is -0.0801. The summed E-state index contributed by atoms with van der Waals surface area (Å²) in [5, 5.41) is 12.3. The number of nitrogens with one attached hydrogen (secondary N) is 1. The molecule has 0 bridgehead atoms. The molecule has 2 rings (SSSR count). The summed E-state index contributed by atoms with van der Waals surface area (Å²) in [7, 11) is 0. The predicted octanol–water partition coefficient (Wildman–Crippen LogP) is 1.57. The number of amides is 1. The zero-order valence-electron chi connectivity index (χ0n) is 12.4. The van der Waals surface area contributed by atoms with Gasteiger partial charge in [-0.05, 0) is 12.5 Å². The van der Waals surface area contributed by atoms with Gasteiger partial charge >= 0.3 is 5.97 Å². The first-order valence-electron chi connectivity index (χ1n) is 6.99. The number of carbonyl (C=O) groups excluding carboxylic acids is 1. The lowest BCUT2D eigenvalue weighted by molar-refractivity contribution is -0.146. The average Bonchev–Trinajstić information content (AvgIpc) is 2.43. The predicted molar refractivity (Wildman–Crippen MR) is 78.0 cm³/mol. The fourth-order valence-corrected chi connectivity index (χ4v) is 2.36. The van der Waals surface area contributed by atoms with Gasteiger partial charge < -0.3 is 15.2 Å². The second-order valence-corrected chi connectivity index (χ2v) is 6.26. The Morgan fingerprint density at radius 1 is 1.33 bits per heavy atom. The molecule has 0 saturated carbocycles. The molecule has 1 aliphatic rings. The van der Waals surface area contributed by atoms with Crippen molar-refractivity contribution in [1.82, 2.24) is 5.32 Å². The molecule has 1 aliphatic heterocycles. The van der Waals surface area contributed by atoms with Gasteiger partial charge in [0.2, 0.25) is 5.91 Å². The van der Waals surface area contributed by atoms with Crippen LogP contribution >= 0.6 is 0 Å². The van der Waals surface area contributed by atoms with Crippen LogP contribution in [0.1, 0.15) is 25.8 Å². The minimum absolute atomic E-state index is 0.0258. The molecule has 1 unspecified atom stereocenters. The summed E-state index contributed by atoms with van der Waals surface area (Å²) in [5.74, 6) is -1.25. The van der Waals surface area contributed by atoms with Crippen LogP contribution in [0.4, 0.5) is 0 Å². The molecule has 1 atom stereocenters. The van der Waals surface area contributed by atoms with Gasteiger partial charge in [-0.1, -0.05) is 37.3 Å². The third kappa shape index (κ3) is 3.42. The number of carboxylic acid groups (broad SMARTS) is 1. The number of hydrogen-bond donors (Lipinski definition) is 2. The SMILES string of the molecule is CC1(CNC(=O)CC(C)(C(=O)O)c2ccccc2)COC1. The minimum atomic E-state index is -1.22. The second kappa shape index (κ2) is 5.85. The number of carbonyl (C=O) groups is 2. The topological polar surface area (TPSA) is 75.6 Å². The number of hydrogen-bond acceptors (Lipinski definition) is 3. The number of rotatable bonds is 6. The maximum absolute atomic E-state index is 12.1. The fourth-order valence-electron chi connectivity index (χ4n) is 2.36. The van der Waals surface area contributed by atoms with Crippen molar-refractivity contribution in [2.45, 2.75) is 25.7 Å². The monoisotopic (exact) mass is 291 g/mol. The highest BCUT2D eigenvalue weighted by Gasteiger charge is 2.39. The van der Waals surface area contributed by atoms with Crippen LogP contribution in [0.5, 0.6) is 0 Å². The van der Waals surface area contributed by atoms with E-state index < -0.39 is 11.4 Å². The van der Waals surface area contributed by atoms with E-state index in [1.165, 1.54) is 0 Å². The summed E-state index contributed by atoms with van der Waals surface area (Å²) in [6, 6.07) is 8.86. The van der Waals surface area contributed by atoms with Crippen molar-refractivity contribution < 1.29 is 19.4 Å². The summed E-state index contributed by atoms with van der Waals surface area (Å²) in [6.45, 7) is 5.38. The maximum Gasteiger partial charge on any atom is 0.314 e. The minimum Gasteiger partial charge on any atom is -0.481 e. The summed E-state index contributed by atoms with van der Waals surface area (Å²) < 4.78 is 5.13. The van der Waals surface area contributed by atoms with Gasteiger partial charge in [0, 0.05) is 18.4 Å². The van der Waals surface area contributed by atoms with Crippen LogP contribution in [0.2, 0.25) is 0 Å². The van der Waals surface area contributed by atoms with E-state index >= 15 is 0 Å². The van der Waals surface area contributed by atoms with Gasteiger partial charge in [-0.25, -0.2) is 0 Å². The Labute approximate surface area is 124 Å². The molecule has 1 aromatic carbocycles. The van der Waals surface area contributed by atoms with Gasteiger partial charge in [0.05, 0.1) is 18.6 Å². The summed E-state index contributed by atoms with van der Waals surface area (Å²) >= 11 is 0. The van der Waals surface area contributed by atoms with Crippen LogP contribution < -0.4 is 5.32 Å². The highest BCUT2D eigenvalue weighted by atomic mass is 16.5. The third-order valence-electron chi connectivity index (χ3n) is 4.01. The Morgan fingerprint density at radius 2 is 1.95 bits per heavy atom. The van der Waals surface area contributed by atoms with Gasteiger partial charge in [-0.15, -0.1) is 0 Å². The Bertz CT molecular complexity index is 524. The Balaban J connectivity index is 2.02. The van der Waals surface area contributed by atoms with Crippen LogP contribution in [0, 0.1) is 5.41 Å². The van der Waals surface area contributed by atoms with Crippen molar-refractivity contribution in [1.29, 1.82) is 0 Å². The van der Waals surface area contributed by atoms with Gasteiger partial charge in [0.15, 0.2) is 0 Å². The summed E-state index contributed by atoms with van der Waals surface area (Å²) in [5.41, 5.74) is -0.615. The zero-order valence-corrected chi connectivity index (χ0v) is 12.4. The fraction of sp³-hybridized carbons (Fsp3) is 0.500. The van der Waals surface area contributed by atoms with E-state index in [0.717, 1.165) is 0 Å².